The molecule has 0 unspecified atom stereocenters. The van der Waals surface area contributed by atoms with Gasteiger partial charge in [-0.1, -0.05) is 31.8 Å². The average molecular weight is 218 g/mol. The summed E-state index contributed by atoms with van der Waals surface area (Å²) in [6.45, 7) is 6.85. The van der Waals surface area contributed by atoms with E-state index in [-0.39, 0.29) is 5.63 Å². The van der Waals surface area contributed by atoms with Gasteiger partial charge in [-0.2, -0.15) is 0 Å². The van der Waals surface area contributed by atoms with E-state index in [9.17, 15) is 4.79 Å². The molecule has 0 fully saturated rings. The van der Waals surface area contributed by atoms with Gasteiger partial charge in [0, 0.05) is 11.5 Å². The molecule has 2 aromatic rings. The zero-order valence-corrected chi connectivity index (χ0v) is 10.2. The van der Waals surface area contributed by atoms with Crippen molar-refractivity contribution < 1.29 is 4.42 Å². The number of rotatable bonds is 1. The van der Waals surface area contributed by atoms with Crippen LogP contribution in [0.2, 0.25) is 19.6 Å². The van der Waals surface area contributed by atoms with Crippen LogP contribution in [0.25, 0.3) is 11.0 Å². The summed E-state index contributed by atoms with van der Waals surface area (Å²) in [5.41, 5.74) is 0.414. The molecule has 0 spiro atoms. The van der Waals surface area contributed by atoms with Crippen LogP contribution in [-0.2, 0) is 0 Å². The molecule has 0 aliphatic carbocycles. The molecule has 15 heavy (non-hydrogen) atoms. The smallest absolute Gasteiger partial charge is 0.336 e. The van der Waals surface area contributed by atoms with Gasteiger partial charge in [-0.3, -0.25) is 0 Å². The molecule has 2 rings (SSSR count). The molecule has 1 aromatic carbocycles. The van der Waals surface area contributed by atoms with Crippen molar-refractivity contribution in [1.29, 1.82) is 0 Å². The number of hydrogen-bond acceptors (Lipinski definition) is 2. The van der Waals surface area contributed by atoms with Crippen molar-refractivity contribution in [2.45, 2.75) is 19.6 Å². The number of hydrogen-bond donors (Lipinski definition) is 0. The van der Waals surface area contributed by atoms with Gasteiger partial charge in [0.1, 0.15) is 5.58 Å². The Morgan fingerprint density at radius 2 is 1.80 bits per heavy atom. The predicted molar refractivity (Wildman–Crippen MR) is 65.5 cm³/mol. The summed E-state index contributed by atoms with van der Waals surface area (Å²) in [5.74, 6) is 0. The molecule has 3 heteroatoms. The Labute approximate surface area is 89.6 Å². The fraction of sp³-hybridized carbons (Fsp3) is 0.250. The Bertz CT molecular complexity index is 549. The van der Waals surface area contributed by atoms with Crippen LogP contribution in [-0.4, -0.2) is 8.07 Å². The van der Waals surface area contributed by atoms with Gasteiger partial charge in [0.2, 0.25) is 0 Å². The molecule has 1 aromatic heterocycles. The van der Waals surface area contributed by atoms with E-state index in [1.165, 1.54) is 11.3 Å². The fourth-order valence-electron chi connectivity index (χ4n) is 1.75. The van der Waals surface area contributed by atoms with E-state index < -0.39 is 8.07 Å². The Kier molecular flexibility index (Phi) is 2.27. The lowest BCUT2D eigenvalue weighted by atomic mass is 10.2. The molecule has 0 saturated heterocycles. The van der Waals surface area contributed by atoms with Crippen LogP contribution >= 0.6 is 0 Å². The first-order chi connectivity index (χ1) is 6.98. The number of benzene rings is 1. The van der Waals surface area contributed by atoms with Gasteiger partial charge in [-0.15, -0.1) is 0 Å². The zero-order chi connectivity index (χ0) is 11.1. The average Bonchev–Trinajstić information content (AvgIpc) is 2.15. The van der Waals surface area contributed by atoms with Crippen molar-refractivity contribution >= 4 is 24.2 Å². The quantitative estimate of drug-likeness (QED) is 0.543. The molecule has 0 aliphatic rings. The third-order valence-corrected chi connectivity index (χ3v) is 4.52. The lowest BCUT2D eigenvalue weighted by Crippen LogP contribution is -2.38. The molecule has 78 valence electrons. The largest absolute Gasteiger partial charge is 0.423 e. The van der Waals surface area contributed by atoms with Crippen LogP contribution in [0.3, 0.4) is 0 Å². The second-order valence-corrected chi connectivity index (χ2v) is 9.76. The van der Waals surface area contributed by atoms with Crippen molar-refractivity contribution in [3.8, 4) is 0 Å². The summed E-state index contributed by atoms with van der Waals surface area (Å²) in [7, 11) is -1.38. The maximum atomic E-state index is 11.1. The highest BCUT2D eigenvalue weighted by Crippen LogP contribution is 2.13. The minimum absolute atomic E-state index is 0.282. The predicted octanol–water partition coefficient (Wildman–Crippen LogP) is 2.34. The first-order valence-electron chi connectivity index (χ1n) is 5.02. The van der Waals surface area contributed by atoms with Gasteiger partial charge in [-0.05, 0) is 17.3 Å². The van der Waals surface area contributed by atoms with E-state index in [0.717, 1.165) is 5.39 Å². The standard InChI is InChI=1S/C12H14O2Si/c1-15(2,3)11-6-4-5-10-9(11)7-8-12(13)14-10/h4-8H,1-3H3. The molecule has 0 saturated carbocycles. The normalized spacial score (nSPS) is 11.9. The summed E-state index contributed by atoms with van der Waals surface area (Å²) in [6.07, 6.45) is 0. The molecule has 0 aliphatic heterocycles. The lowest BCUT2D eigenvalue weighted by molar-refractivity contribution is 0.561. The van der Waals surface area contributed by atoms with Crippen molar-refractivity contribution in [2.75, 3.05) is 0 Å². The van der Waals surface area contributed by atoms with Crippen molar-refractivity contribution in [3.05, 3.63) is 40.8 Å². The highest BCUT2D eigenvalue weighted by Gasteiger charge is 2.19. The highest BCUT2D eigenvalue weighted by molar-refractivity contribution is 6.90. The minimum Gasteiger partial charge on any atom is -0.423 e. The second-order valence-electron chi connectivity index (χ2n) is 4.72. The molecular formula is C12H14O2Si. The van der Waals surface area contributed by atoms with E-state index in [1.54, 1.807) is 0 Å². The molecule has 0 amide bonds. The maximum Gasteiger partial charge on any atom is 0.336 e. The maximum absolute atomic E-state index is 11.1. The SMILES string of the molecule is C[Si](C)(C)c1cccc2oc(=O)ccc12. The zero-order valence-electron chi connectivity index (χ0n) is 9.20. The molecule has 0 N–H and O–H groups in total. The number of fused-ring (bicyclic) bond motifs is 1. The van der Waals surface area contributed by atoms with Crippen molar-refractivity contribution in [2.24, 2.45) is 0 Å². The molecule has 1 heterocycles. The molecule has 0 atom stereocenters. The second kappa shape index (κ2) is 3.34. The Morgan fingerprint density at radius 3 is 2.47 bits per heavy atom. The van der Waals surface area contributed by atoms with Crippen LogP contribution in [0.1, 0.15) is 0 Å². The van der Waals surface area contributed by atoms with E-state index in [2.05, 4.69) is 25.7 Å². The van der Waals surface area contributed by atoms with E-state index in [4.69, 9.17) is 4.42 Å². The lowest BCUT2D eigenvalue weighted by Gasteiger charge is -2.18. The fourth-order valence-corrected chi connectivity index (χ4v) is 3.36. The molecule has 0 bridgehead atoms. The Morgan fingerprint density at radius 1 is 1.07 bits per heavy atom. The van der Waals surface area contributed by atoms with Crippen molar-refractivity contribution in [1.82, 2.24) is 0 Å². The molecule has 0 radical (unpaired) electrons. The van der Waals surface area contributed by atoms with E-state index in [1.807, 2.05) is 18.2 Å². The molecule has 2 nitrogen and oxygen atoms in total. The summed E-state index contributed by atoms with van der Waals surface area (Å²) in [6, 6.07) is 9.30. The van der Waals surface area contributed by atoms with E-state index >= 15 is 0 Å². The highest BCUT2D eigenvalue weighted by atomic mass is 28.3. The minimum atomic E-state index is -1.38. The monoisotopic (exact) mass is 218 g/mol. The summed E-state index contributed by atoms with van der Waals surface area (Å²) in [4.78, 5) is 11.1. The van der Waals surface area contributed by atoms with Gasteiger partial charge >= 0.3 is 5.63 Å². The van der Waals surface area contributed by atoms with Gasteiger partial charge in [0.25, 0.3) is 0 Å². The third-order valence-electron chi connectivity index (χ3n) is 2.47. The van der Waals surface area contributed by atoms with E-state index in [0.29, 0.717) is 5.58 Å². The summed E-state index contributed by atoms with van der Waals surface area (Å²) < 4.78 is 5.16. The van der Waals surface area contributed by atoms with Crippen molar-refractivity contribution in [3.63, 3.8) is 0 Å². The van der Waals surface area contributed by atoms with Crippen LogP contribution in [0, 0.1) is 0 Å². The van der Waals surface area contributed by atoms with Crippen LogP contribution in [0.4, 0.5) is 0 Å². The third kappa shape index (κ3) is 1.88. The Hall–Kier alpha value is -1.35. The van der Waals surface area contributed by atoms with Gasteiger partial charge in [0.15, 0.2) is 0 Å². The topological polar surface area (TPSA) is 30.2 Å². The first kappa shape index (κ1) is 10.2. The van der Waals surface area contributed by atoms with Gasteiger partial charge in [0.05, 0.1) is 8.07 Å². The van der Waals surface area contributed by atoms with Crippen LogP contribution in [0.15, 0.2) is 39.5 Å². The van der Waals surface area contributed by atoms with Crippen LogP contribution < -0.4 is 10.8 Å². The Balaban J connectivity index is 2.83. The summed E-state index contributed by atoms with van der Waals surface area (Å²) in [5, 5.41) is 2.42. The van der Waals surface area contributed by atoms with Gasteiger partial charge < -0.3 is 4.42 Å². The van der Waals surface area contributed by atoms with Gasteiger partial charge in [-0.25, -0.2) is 4.79 Å². The first-order valence-corrected chi connectivity index (χ1v) is 8.52. The summed E-state index contributed by atoms with van der Waals surface area (Å²) >= 11 is 0. The van der Waals surface area contributed by atoms with Crippen LogP contribution in [0.5, 0.6) is 0 Å². The molecular weight excluding hydrogens is 204 g/mol.